The summed E-state index contributed by atoms with van der Waals surface area (Å²) < 4.78 is 51.2. The minimum Gasteiger partial charge on any atom is -0.464 e. The summed E-state index contributed by atoms with van der Waals surface area (Å²) in [4.78, 5) is 50.8. The second kappa shape index (κ2) is 15.4. The maximum absolute atomic E-state index is 14.4. The number of benzene rings is 1. The molecule has 17 heteroatoms. The van der Waals surface area contributed by atoms with E-state index >= 15 is 0 Å². The van der Waals surface area contributed by atoms with Gasteiger partial charge >= 0.3 is 25.7 Å². The van der Waals surface area contributed by atoms with Crippen molar-refractivity contribution in [3.8, 4) is 5.75 Å². The van der Waals surface area contributed by atoms with Gasteiger partial charge in [0.15, 0.2) is 29.9 Å². The van der Waals surface area contributed by atoms with Crippen molar-refractivity contribution in [3.63, 3.8) is 0 Å². The molecule has 1 aliphatic rings. The fourth-order valence-corrected chi connectivity index (χ4v) is 6.43. The molecule has 5 unspecified atom stereocenters. The number of rotatable bonds is 14. The molecule has 48 heavy (non-hydrogen) atoms. The zero-order valence-corrected chi connectivity index (χ0v) is 28.9. The van der Waals surface area contributed by atoms with E-state index in [1.807, 2.05) is 20.8 Å². The number of ether oxygens (including phenoxy) is 4. The van der Waals surface area contributed by atoms with E-state index < -0.39 is 62.3 Å². The lowest BCUT2D eigenvalue weighted by atomic mass is 9.99. The van der Waals surface area contributed by atoms with Crippen molar-refractivity contribution in [2.45, 2.75) is 98.0 Å². The van der Waals surface area contributed by atoms with Gasteiger partial charge < -0.3 is 29.2 Å². The van der Waals surface area contributed by atoms with Crippen molar-refractivity contribution in [2.75, 3.05) is 12.3 Å². The molecule has 3 aromatic rings. The smallest absolute Gasteiger partial charge is 0.459 e. The van der Waals surface area contributed by atoms with E-state index in [2.05, 4.69) is 20.0 Å². The zero-order chi connectivity index (χ0) is 35.2. The number of para-hydroxylation sites is 1. The molecule has 1 aliphatic heterocycles. The average Bonchev–Trinajstić information content (AvgIpc) is 3.61. The van der Waals surface area contributed by atoms with Gasteiger partial charge in [-0.25, -0.2) is 19.5 Å². The third-order valence-electron chi connectivity index (χ3n) is 7.09. The van der Waals surface area contributed by atoms with Gasteiger partial charge in [-0.2, -0.15) is 5.09 Å². The molecule has 1 aromatic carbocycles. The van der Waals surface area contributed by atoms with Gasteiger partial charge in [0.1, 0.15) is 29.7 Å². The van der Waals surface area contributed by atoms with Crippen molar-refractivity contribution in [1.82, 2.24) is 24.6 Å². The topological polar surface area (TPSA) is 205 Å². The summed E-state index contributed by atoms with van der Waals surface area (Å²) in [5.41, 5.74) is 6.23. The average molecular weight is 691 g/mol. The van der Waals surface area contributed by atoms with Crippen molar-refractivity contribution < 1.29 is 46.9 Å². The first-order chi connectivity index (χ1) is 22.6. The Kier molecular flexibility index (Phi) is 11.8. The number of nitrogens with two attached hydrogens (primary N) is 1. The number of nitrogen functional groups attached to an aromatic ring is 1. The van der Waals surface area contributed by atoms with Gasteiger partial charge in [-0.1, -0.05) is 52.8 Å². The standard InChI is InChI=1S/C31H43N6O10P/c1-8-21(38)43-25-24(45-29(26(25)44-22(39)9-2)37-17-35-23-27(32)33-16-34-28(23)37)19(4)46-48(41,47-20-13-11-10-12-14-20)36-18(3)30(40)42-15-31(5,6)7/h10-14,16-19,24-26,29H,8-9,15H2,1-7H3,(H,36,41)(H2,32,33,34)/t18?,19?,24-,25?,26?,29-,48?/m1/s1. The number of nitrogens with zero attached hydrogens (tertiary/aromatic N) is 4. The van der Waals surface area contributed by atoms with E-state index in [4.69, 9.17) is 33.7 Å². The number of aromatic nitrogens is 4. The van der Waals surface area contributed by atoms with E-state index in [0.29, 0.717) is 0 Å². The van der Waals surface area contributed by atoms with Crippen LogP contribution in [-0.4, -0.2) is 74.5 Å². The molecular formula is C31H43N6O10P. The number of nitrogens with one attached hydrogen (secondary N) is 1. The predicted molar refractivity (Wildman–Crippen MR) is 172 cm³/mol. The third kappa shape index (κ3) is 9.07. The number of carbonyl (C=O) groups is 3. The largest absolute Gasteiger partial charge is 0.464 e. The fraction of sp³-hybridized carbons (Fsp3) is 0.548. The van der Waals surface area contributed by atoms with Crippen LogP contribution in [0.3, 0.4) is 0 Å². The van der Waals surface area contributed by atoms with Crippen LogP contribution in [0.2, 0.25) is 0 Å². The van der Waals surface area contributed by atoms with E-state index in [-0.39, 0.29) is 47.6 Å². The molecule has 3 heterocycles. The van der Waals surface area contributed by atoms with Crippen molar-refractivity contribution in [1.29, 1.82) is 0 Å². The molecule has 4 rings (SSSR count). The van der Waals surface area contributed by atoms with Crippen LogP contribution in [0.1, 0.15) is 67.5 Å². The zero-order valence-electron chi connectivity index (χ0n) is 28.0. The summed E-state index contributed by atoms with van der Waals surface area (Å²) in [6.45, 7) is 12.0. The summed E-state index contributed by atoms with van der Waals surface area (Å²) >= 11 is 0. The highest BCUT2D eigenvalue weighted by Gasteiger charge is 2.54. The first-order valence-electron chi connectivity index (χ1n) is 15.6. The highest BCUT2D eigenvalue weighted by molar-refractivity contribution is 7.52. The van der Waals surface area contributed by atoms with Crippen LogP contribution in [-0.2, 0) is 42.4 Å². The van der Waals surface area contributed by atoms with Gasteiger partial charge in [-0.05, 0) is 31.4 Å². The molecule has 0 spiro atoms. The quantitative estimate of drug-likeness (QED) is 0.139. The summed E-state index contributed by atoms with van der Waals surface area (Å²) in [7, 11) is -4.41. The minimum absolute atomic E-state index is 0.000687. The Morgan fingerprint density at radius 3 is 2.29 bits per heavy atom. The molecule has 7 atom stereocenters. The van der Waals surface area contributed by atoms with E-state index in [0.717, 1.165) is 0 Å². The van der Waals surface area contributed by atoms with Crippen LogP contribution in [0.4, 0.5) is 5.82 Å². The maximum atomic E-state index is 14.4. The molecule has 3 N–H and O–H groups in total. The minimum atomic E-state index is -4.41. The molecule has 0 amide bonds. The van der Waals surface area contributed by atoms with Crippen molar-refractivity contribution in [3.05, 3.63) is 43.0 Å². The molecule has 0 saturated carbocycles. The number of carbonyl (C=O) groups excluding carboxylic acids is 3. The van der Waals surface area contributed by atoms with E-state index in [1.165, 1.54) is 31.1 Å². The molecule has 1 fully saturated rings. The number of imidazole rings is 1. The normalized spacial score (nSPS) is 22.0. The summed E-state index contributed by atoms with van der Waals surface area (Å²) in [5, 5.41) is 2.66. The highest BCUT2D eigenvalue weighted by Crippen LogP contribution is 2.48. The highest BCUT2D eigenvalue weighted by atomic mass is 31.2. The monoisotopic (exact) mass is 690 g/mol. The van der Waals surface area contributed by atoms with Crippen LogP contribution < -0.4 is 15.3 Å². The molecule has 0 bridgehead atoms. The van der Waals surface area contributed by atoms with Gasteiger partial charge in [0.25, 0.3) is 0 Å². The number of anilines is 1. The van der Waals surface area contributed by atoms with E-state index in [9.17, 15) is 18.9 Å². The van der Waals surface area contributed by atoms with Crippen LogP contribution in [0.5, 0.6) is 5.75 Å². The number of hydrogen-bond donors (Lipinski definition) is 2. The van der Waals surface area contributed by atoms with Crippen LogP contribution in [0, 0.1) is 5.41 Å². The second-order valence-corrected chi connectivity index (χ2v) is 14.1. The van der Waals surface area contributed by atoms with E-state index in [1.54, 1.807) is 44.2 Å². The Labute approximate surface area is 278 Å². The Morgan fingerprint density at radius 1 is 1.02 bits per heavy atom. The lowest BCUT2D eigenvalue weighted by molar-refractivity contribution is -0.168. The fourth-order valence-electron chi connectivity index (χ4n) is 4.73. The molecule has 0 radical (unpaired) electrons. The first-order valence-corrected chi connectivity index (χ1v) is 17.1. The van der Waals surface area contributed by atoms with Gasteiger partial charge in [-0.15, -0.1) is 0 Å². The van der Waals surface area contributed by atoms with Gasteiger partial charge in [0.05, 0.1) is 19.0 Å². The summed E-state index contributed by atoms with van der Waals surface area (Å²) in [6.07, 6.45) is -3.31. The Bertz CT molecular complexity index is 1630. The predicted octanol–water partition coefficient (Wildman–Crippen LogP) is 4.11. The SMILES string of the molecule is CCC(=O)OC1C(OC(=O)CC)[C@H](n2cnc3c(N)ncnc32)O[C@@H]1C(C)OP(=O)(NC(C)C(=O)OCC(C)(C)C)Oc1ccccc1. The van der Waals surface area contributed by atoms with Crippen LogP contribution >= 0.6 is 7.75 Å². The lowest BCUT2D eigenvalue weighted by Gasteiger charge is -2.30. The maximum Gasteiger partial charge on any atom is 0.459 e. The molecule has 16 nitrogen and oxygen atoms in total. The van der Waals surface area contributed by atoms with Crippen molar-refractivity contribution >= 4 is 42.6 Å². The van der Waals surface area contributed by atoms with Crippen LogP contribution in [0.25, 0.3) is 11.2 Å². The van der Waals surface area contributed by atoms with Crippen molar-refractivity contribution in [2.24, 2.45) is 5.41 Å². The Balaban J connectivity index is 1.70. The molecule has 0 aliphatic carbocycles. The Hall–Kier alpha value is -4.11. The number of hydrogen-bond acceptors (Lipinski definition) is 14. The van der Waals surface area contributed by atoms with Gasteiger partial charge in [-0.3, -0.25) is 23.5 Å². The molecule has 1 saturated heterocycles. The summed E-state index contributed by atoms with van der Waals surface area (Å²) in [5.74, 6) is -1.59. The van der Waals surface area contributed by atoms with Gasteiger partial charge in [0.2, 0.25) is 0 Å². The second-order valence-electron chi connectivity index (χ2n) is 12.4. The van der Waals surface area contributed by atoms with Crippen LogP contribution in [0.15, 0.2) is 43.0 Å². The molecule has 262 valence electrons. The number of esters is 3. The molecule has 2 aromatic heterocycles. The summed E-state index contributed by atoms with van der Waals surface area (Å²) in [6, 6.07) is 7.10. The Morgan fingerprint density at radius 2 is 1.67 bits per heavy atom. The number of fused-ring (bicyclic) bond motifs is 1. The molecular weight excluding hydrogens is 647 g/mol. The lowest BCUT2D eigenvalue weighted by Crippen LogP contribution is -2.44. The first kappa shape index (κ1) is 36.7. The van der Waals surface area contributed by atoms with Gasteiger partial charge in [0, 0.05) is 12.8 Å². The third-order valence-corrected chi connectivity index (χ3v) is 8.85.